The molecule has 1 aromatic rings. The molecule has 0 aliphatic heterocycles. The van der Waals surface area contributed by atoms with Crippen molar-refractivity contribution in [3.63, 3.8) is 0 Å². The molecule has 5 heteroatoms. The highest BCUT2D eigenvalue weighted by Gasteiger charge is 2.03. The van der Waals surface area contributed by atoms with Crippen molar-refractivity contribution in [2.24, 2.45) is 0 Å². The predicted octanol–water partition coefficient (Wildman–Crippen LogP) is 1.43. The van der Waals surface area contributed by atoms with E-state index in [0.717, 1.165) is 17.2 Å². The summed E-state index contributed by atoms with van der Waals surface area (Å²) in [6.07, 6.45) is 1.60. The second-order valence-electron chi connectivity index (χ2n) is 3.34. The lowest BCUT2D eigenvalue weighted by atomic mass is 10.4. The average molecular weight is 226 g/mol. The summed E-state index contributed by atoms with van der Waals surface area (Å²) in [5, 5.41) is 8.65. The van der Waals surface area contributed by atoms with Gasteiger partial charge in [0.25, 0.3) is 0 Å². The van der Waals surface area contributed by atoms with Gasteiger partial charge in [0.2, 0.25) is 0 Å². The van der Waals surface area contributed by atoms with Crippen molar-refractivity contribution in [2.75, 3.05) is 26.4 Å². The smallest absolute Gasteiger partial charge is 0.354 e. The highest BCUT2D eigenvalue weighted by Crippen LogP contribution is 2.16. The van der Waals surface area contributed by atoms with E-state index >= 15 is 0 Å². The van der Waals surface area contributed by atoms with Crippen LogP contribution in [-0.4, -0.2) is 47.4 Å². The van der Waals surface area contributed by atoms with E-state index in [9.17, 15) is 4.79 Å². The number of hydrogen-bond acceptors (Lipinski definition) is 4. The molecule has 0 atom stereocenters. The van der Waals surface area contributed by atoms with Crippen molar-refractivity contribution >= 4 is 17.7 Å². The van der Waals surface area contributed by atoms with E-state index in [4.69, 9.17) is 5.11 Å². The van der Waals surface area contributed by atoms with Crippen LogP contribution in [0.2, 0.25) is 0 Å². The molecule has 0 saturated heterocycles. The average Bonchev–Trinajstić information content (AvgIpc) is 2.18. The maximum Gasteiger partial charge on any atom is 0.354 e. The molecule has 1 heterocycles. The van der Waals surface area contributed by atoms with E-state index in [-0.39, 0.29) is 5.69 Å². The van der Waals surface area contributed by atoms with Crippen molar-refractivity contribution in [1.29, 1.82) is 0 Å². The molecule has 0 fully saturated rings. The quantitative estimate of drug-likeness (QED) is 0.770. The number of aromatic carboxylic acids is 1. The van der Waals surface area contributed by atoms with Crippen LogP contribution < -0.4 is 0 Å². The summed E-state index contributed by atoms with van der Waals surface area (Å²) in [5.41, 5.74) is 0.0898. The first-order valence-corrected chi connectivity index (χ1v) is 5.55. The van der Waals surface area contributed by atoms with Crippen LogP contribution in [0.4, 0.5) is 0 Å². The molecule has 0 spiro atoms. The van der Waals surface area contributed by atoms with Gasteiger partial charge in [-0.05, 0) is 26.2 Å². The van der Waals surface area contributed by atoms with Gasteiger partial charge >= 0.3 is 5.97 Å². The van der Waals surface area contributed by atoms with Crippen LogP contribution >= 0.6 is 11.8 Å². The number of carboxylic acid groups (broad SMARTS) is 1. The van der Waals surface area contributed by atoms with Gasteiger partial charge in [-0.1, -0.05) is 0 Å². The van der Waals surface area contributed by atoms with E-state index in [2.05, 4.69) is 9.88 Å². The van der Waals surface area contributed by atoms with Crippen LogP contribution in [0.1, 0.15) is 10.5 Å². The lowest BCUT2D eigenvalue weighted by Crippen LogP contribution is -2.14. The molecule has 0 bridgehead atoms. The molecule has 0 aromatic carbocycles. The van der Waals surface area contributed by atoms with Crippen molar-refractivity contribution in [2.45, 2.75) is 4.90 Å². The molecule has 0 unspecified atom stereocenters. The zero-order valence-corrected chi connectivity index (χ0v) is 9.62. The Labute approximate surface area is 93.3 Å². The fourth-order valence-electron chi connectivity index (χ4n) is 0.938. The summed E-state index contributed by atoms with van der Waals surface area (Å²) in [5.74, 6) is -0.0129. The standard InChI is InChI=1S/C10H14N2O2S/c1-12(2)5-6-15-8-3-4-9(10(13)14)11-7-8/h3-4,7H,5-6H2,1-2H3,(H,13,14). The Morgan fingerprint density at radius 2 is 2.27 bits per heavy atom. The minimum Gasteiger partial charge on any atom is -0.477 e. The summed E-state index contributed by atoms with van der Waals surface area (Å²) in [4.78, 5) is 17.5. The second kappa shape index (κ2) is 5.72. The molecule has 1 aromatic heterocycles. The monoisotopic (exact) mass is 226 g/mol. The minimum atomic E-state index is -0.986. The first kappa shape index (κ1) is 12.0. The van der Waals surface area contributed by atoms with Crippen molar-refractivity contribution in [3.8, 4) is 0 Å². The number of rotatable bonds is 5. The third-order valence-electron chi connectivity index (χ3n) is 1.76. The number of nitrogens with zero attached hydrogens (tertiary/aromatic N) is 2. The third kappa shape index (κ3) is 4.31. The van der Waals surface area contributed by atoms with Gasteiger partial charge in [0.05, 0.1) is 0 Å². The number of carbonyl (C=O) groups is 1. The molecule has 0 saturated carbocycles. The van der Waals surface area contributed by atoms with Crippen LogP contribution in [-0.2, 0) is 0 Å². The summed E-state index contributed by atoms with van der Waals surface area (Å²) >= 11 is 1.67. The third-order valence-corrected chi connectivity index (χ3v) is 2.72. The molecule has 0 aliphatic rings. The lowest BCUT2D eigenvalue weighted by molar-refractivity contribution is 0.0690. The number of thioether (sulfide) groups is 1. The van der Waals surface area contributed by atoms with Gasteiger partial charge in [0.1, 0.15) is 5.69 Å². The van der Waals surface area contributed by atoms with Gasteiger partial charge < -0.3 is 10.0 Å². The molecule has 82 valence electrons. The van der Waals surface area contributed by atoms with E-state index in [1.165, 1.54) is 6.07 Å². The number of hydrogen-bond donors (Lipinski definition) is 1. The molecular weight excluding hydrogens is 212 g/mol. The van der Waals surface area contributed by atoms with Crippen molar-refractivity contribution in [3.05, 3.63) is 24.0 Å². The Morgan fingerprint density at radius 1 is 1.53 bits per heavy atom. The fourth-order valence-corrected chi connectivity index (χ4v) is 1.92. The van der Waals surface area contributed by atoms with E-state index in [1.807, 2.05) is 14.1 Å². The topological polar surface area (TPSA) is 53.4 Å². The molecule has 4 nitrogen and oxygen atoms in total. The van der Waals surface area contributed by atoms with Crippen molar-refractivity contribution < 1.29 is 9.90 Å². The molecule has 0 amide bonds. The van der Waals surface area contributed by atoms with E-state index in [1.54, 1.807) is 24.0 Å². The molecule has 1 N–H and O–H groups in total. The minimum absolute atomic E-state index is 0.0898. The molecule has 0 aliphatic carbocycles. The van der Waals surface area contributed by atoms with Crippen LogP contribution in [0.15, 0.2) is 23.2 Å². The highest BCUT2D eigenvalue weighted by atomic mass is 32.2. The summed E-state index contributed by atoms with van der Waals surface area (Å²) in [6.45, 7) is 0.991. The maximum absolute atomic E-state index is 10.5. The molecule has 15 heavy (non-hydrogen) atoms. The van der Waals surface area contributed by atoms with Crippen LogP contribution in [0.25, 0.3) is 0 Å². The normalized spacial score (nSPS) is 10.6. The summed E-state index contributed by atoms with van der Waals surface area (Å²) in [6, 6.07) is 3.32. The molecular formula is C10H14N2O2S. The Morgan fingerprint density at radius 3 is 2.73 bits per heavy atom. The van der Waals surface area contributed by atoms with E-state index in [0.29, 0.717) is 0 Å². The zero-order valence-electron chi connectivity index (χ0n) is 8.80. The summed E-state index contributed by atoms with van der Waals surface area (Å²) < 4.78 is 0. The second-order valence-corrected chi connectivity index (χ2v) is 4.50. The SMILES string of the molecule is CN(C)CCSc1ccc(C(=O)O)nc1. The first-order valence-electron chi connectivity index (χ1n) is 4.56. The van der Waals surface area contributed by atoms with Crippen LogP contribution in [0, 0.1) is 0 Å². The Kier molecular flexibility index (Phi) is 4.58. The highest BCUT2D eigenvalue weighted by molar-refractivity contribution is 7.99. The molecule has 1 rings (SSSR count). The van der Waals surface area contributed by atoms with Gasteiger partial charge in [-0.15, -0.1) is 11.8 Å². The van der Waals surface area contributed by atoms with Gasteiger partial charge in [-0.25, -0.2) is 9.78 Å². The lowest BCUT2D eigenvalue weighted by Gasteiger charge is -2.08. The van der Waals surface area contributed by atoms with Crippen molar-refractivity contribution in [1.82, 2.24) is 9.88 Å². The van der Waals surface area contributed by atoms with Gasteiger partial charge in [0, 0.05) is 23.4 Å². The zero-order chi connectivity index (χ0) is 11.3. The van der Waals surface area contributed by atoms with E-state index < -0.39 is 5.97 Å². The Balaban J connectivity index is 2.46. The number of pyridine rings is 1. The van der Waals surface area contributed by atoms with Gasteiger partial charge in [-0.2, -0.15) is 0 Å². The fraction of sp³-hybridized carbons (Fsp3) is 0.400. The largest absolute Gasteiger partial charge is 0.477 e. The molecule has 0 radical (unpaired) electrons. The first-order chi connectivity index (χ1) is 7.09. The maximum atomic E-state index is 10.5. The van der Waals surface area contributed by atoms with Gasteiger partial charge in [-0.3, -0.25) is 0 Å². The Bertz CT molecular complexity index is 325. The van der Waals surface area contributed by atoms with Crippen LogP contribution in [0.5, 0.6) is 0 Å². The number of aromatic nitrogens is 1. The predicted molar refractivity (Wildman–Crippen MR) is 60.5 cm³/mol. The van der Waals surface area contributed by atoms with Gasteiger partial charge in [0.15, 0.2) is 0 Å². The van der Waals surface area contributed by atoms with Crippen LogP contribution in [0.3, 0.4) is 0 Å². The number of carboxylic acids is 1. The Hall–Kier alpha value is -1.07. The summed E-state index contributed by atoms with van der Waals surface area (Å²) in [7, 11) is 4.04.